The Bertz CT molecular complexity index is 374. The fourth-order valence-corrected chi connectivity index (χ4v) is 2.16. The zero-order valence-corrected chi connectivity index (χ0v) is 13.4. The highest BCUT2D eigenvalue weighted by atomic mass is 127. The lowest BCUT2D eigenvalue weighted by Crippen LogP contribution is -2.38. The summed E-state index contributed by atoms with van der Waals surface area (Å²) in [5, 5.41) is 3.27. The lowest BCUT2D eigenvalue weighted by molar-refractivity contribution is -0.129. The Balaban J connectivity index is 2.48. The number of carbonyl (C=O) groups excluding carboxylic acids is 1. The molecule has 0 aliphatic rings. The van der Waals surface area contributed by atoms with E-state index < -0.39 is 0 Å². The third kappa shape index (κ3) is 4.57. The van der Waals surface area contributed by atoms with Crippen LogP contribution in [0.1, 0.15) is 32.4 Å². The zero-order chi connectivity index (χ0) is 13.5. The minimum Gasteiger partial charge on any atom is -0.342 e. The molecule has 1 atom stereocenters. The molecule has 0 spiro atoms. The van der Waals surface area contributed by atoms with Gasteiger partial charge in [0.25, 0.3) is 0 Å². The van der Waals surface area contributed by atoms with Crippen molar-refractivity contribution < 1.29 is 4.79 Å². The molecule has 1 N–H and O–H groups in total. The molecule has 0 aliphatic carbocycles. The predicted octanol–water partition coefficient (Wildman–Crippen LogP) is 2.81. The fourth-order valence-electron chi connectivity index (χ4n) is 1.80. The van der Waals surface area contributed by atoms with E-state index in [4.69, 9.17) is 0 Å². The third-order valence-electron chi connectivity index (χ3n) is 3.05. The van der Waals surface area contributed by atoms with Crippen LogP contribution in [0.15, 0.2) is 24.3 Å². The van der Waals surface area contributed by atoms with Crippen LogP contribution in [0.3, 0.4) is 0 Å². The Morgan fingerprint density at radius 3 is 2.33 bits per heavy atom. The minimum atomic E-state index is 0.164. The van der Waals surface area contributed by atoms with E-state index in [1.54, 1.807) is 0 Å². The van der Waals surface area contributed by atoms with Crippen LogP contribution >= 0.6 is 22.6 Å². The quantitative estimate of drug-likeness (QED) is 0.792. The van der Waals surface area contributed by atoms with Crippen LogP contribution in [0, 0.1) is 3.57 Å². The van der Waals surface area contributed by atoms with Crippen molar-refractivity contribution in [1.29, 1.82) is 0 Å². The van der Waals surface area contributed by atoms with Gasteiger partial charge in [0.15, 0.2) is 0 Å². The molecular weight excluding hydrogens is 339 g/mol. The molecule has 0 bridgehead atoms. The molecule has 0 radical (unpaired) electrons. The van der Waals surface area contributed by atoms with Gasteiger partial charge in [-0.15, -0.1) is 0 Å². The smallest absolute Gasteiger partial charge is 0.236 e. The van der Waals surface area contributed by atoms with Gasteiger partial charge in [-0.25, -0.2) is 0 Å². The number of hydrogen-bond donors (Lipinski definition) is 1. The highest BCUT2D eigenvalue weighted by Crippen LogP contribution is 2.14. The summed E-state index contributed by atoms with van der Waals surface area (Å²) in [7, 11) is 0. The average Bonchev–Trinajstić information content (AvgIpc) is 2.38. The first kappa shape index (κ1) is 15.4. The summed E-state index contributed by atoms with van der Waals surface area (Å²) in [4.78, 5) is 13.7. The van der Waals surface area contributed by atoms with Crippen molar-refractivity contribution >= 4 is 28.5 Å². The molecule has 1 rings (SSSR count). The van der Waals surface area contributed by atoms with Crippen LogP contribution in [0.25, 0.3) is 0 Å². The van der Waals surface area contributed by atoms with Crippen molar-refractivity contribution in [2.45, 2.75) is 26.8 Å². The van der Waals surface area contributed by atoms with Crippen LogP contribution in [0.5, 0.6) is 0 Å². The number of benzene rings is 1. The van der Waals surface area contributed by atoms with E-state index in [-0.39, 0.29) is 11.9 Å². The van der Waals surface area contributed by atoms with Gasteiger partial charge in [0.2, 0.25) is 5.91 Å². The van der Waals surface area contributed by atoms with Crippen LogP contribution < -0.4 is 5.32 Å². The van der Waals surface area contributed by atoms with Crippen molar-refractivity contribution in [1.82, 2.24) is 10.2 Å². The number of likely N-dealkylation sites (N-methyl/N-ethyl adjacent to an activating group) is 1. The lowest BCUT2D eigenvalue weighted by atomic mass is 10.1. The Morgan fingerprint density at radius 1 is 1.28 bits per heavy atom. The largest absolute Gasteiger partial charge is 0.342 e. The van der Waals surface area contributed by atoms with E-state index in [1.165, 1.54) is 9.13 Å². The van der Waals surface area contributed by atoms with Gasteiger partial charge in [0, 0.05) is 22.7 Å². The van der Waals surface area contributed by atoms with Crippen molar-refractivity contribution in [2.75, 3.05) is 19.6 Å². The molecule has 0 aliphatic heterocycles. The first-order valence-corrected chi connectivity index (χ1v) is 7.43. The summed E-state index contributed by atoms with van der Waals surface area (Å²) in [6.45, 7) is 8.03. The standard InChI is InChI=1S/C14H21IN2O/c1-4-17(5-2)14(18)10-16-11(3)12-6-8-13(15)9-7-12/h6-9,11,16H,4-5,10H2,1-3H3. The Labute approximate surface area is 123 Å². The van der Waals surface area contributed by atoms with Gasteiger partial charge < -0.3 is 10.2 Å². The number of carbonyl (C=O) groups is 1. The van der Waals surface area contributed by atoms with Crippen molar-refractivity contribution in [3.05, 3.63) is 33.4 Å². The molecule has 1 aromatic rings. The average molecular weight is 360 g/mol. The Morgan fingerprint density at radius 2 is 1.83 bits per heavy atom. The highest BCUT2D eigenvalue weighted by molar-refractivity contribution is 14.1. The molecule has 3 nitrogen and oxygen atoms in total. The highest BCUT2D eigenvalue weighted by Gasteiger charge is 2.11. The molecule has 1 amide bonds. The third-order valence-corrected chi connectivity index (χ3v) is 3.76. The molecule has 0 saturated heterocycles. The van der Waals surface area contributed by atoms with Gasteiger partial charge in [-0.05, 0) is 61.1 Å². The number of halogens is 1. The van der Waals surface area contributed by atoms with Gasteiger partial charge in [0.05, 0.1) is 6.54 Å². The van der Waals surface area contributed by atoms with Crippen molar-refractivity contribution in [2.24, 2.45) is 0 Å². The number of amides is 1. The van der Waals surface area contributed by atoms with Gasteiger partial charge in [0.1, 0.15) is 0 Å². The van der Waals surface area contributed by atoms with Crippen LogP contribution in [0.2, 0.25) is 0 Å². The summed E-state index contributed by atoms with van der Waals surface area (Å²) in [5.41, 5.74) is 1.21. The Kier molecular flexibility index (Phi) is 6.63. The lowest BCUT2D eigenvalue weighted by Gasteiger charge is -2.21. The molecular formula is C14H21IN2O. The van der Waals surface area contributed by atoms with Gasteiger partial charge in [-0.3, -0.25) is 4.79 Å². The maximum Gasteiger partial charge on any atom is 0.236 e. The fraction of sp³-hybridized carbons (Fsp3) is 0.500. The normalized spacial score (nSPS) is 12.2. The first-order chi connectivity index (χ1) is 8.58. The number of nitrogens with one attached hydrogen (secondary N) is 1. The van der Waals surface area contributed by atoms with E-state index >= 15 is 0 Å². The first-order valence-electron chi connectivity index (χ1n) is 6.35. The van der Waals surface area contributed by atoms with Crippen molar-refractivity contribution in [3.63, 3.8) is 0 Å². The predicted molar refractivity (Wildman–Crippen MR) is 83.5 cm³/mol. The maximum atomic E-state index is 11.9. The van der Waals surface area contributed by atoms with Crippen LogP contribution in [-0.2, 0) is 4.79 Å². The van der Waals surface area contributed by atoms with Gasteiger partial charge in [-0.1, -0.05) is 12.1 Å². The maximum absolute atomic E-state index is 11.9. The molecule has 1 aromatic carbocycles. The van der Waals surface area contributed by atoms with Crippen molar-refractivity contribution in [3.8, 4) is 0 Å². The van der Waals surface area contributed by atoms with E-state index in [9.17, 15) is 4.79 Å². The summed E-state index contributed by atoms with van der Waals surface area (Å²) < 4.78 is 1.22. The van der Waals surface area contributed by atoms with E-state index in [2.05, 4.69) is 59.1 Å². The van der Waals surface area contributed by atoms with Crippen LogP contribution in [-0.4, -0.2) is 30.4 Å². The number of nitrogens with zero attached hydrogens (tertiary/aromatic N) is 1. The van der Waals surface area contributed by atoms with Gasteiger partial charge in [-0.2, -0.15) is 0 Å². The summed E-state index contributed by atoms with van der Waals surface area (Å²) >= 11 is 2.29. The minimum absolute atomic E-state index is 0.164. The topological polar surface area (TPSA) is 32.3 Å². The van der Waals surface area contributed by atoms with Gasteiger partial charge >= 0.3 is 0 Å². The van der Waals surface area contributed by atoms with E-state index in [0.29, 0.717) is 6.54 Å². The number of hydrogen-bond acceptors (Lipinski definition) is 2. The SMILES string of the molecule is CCN(CC)C(=O)CNC(C)c1ccc(I)cc1. The Hall–Kier alpha value is -0.620. The molecule has 100 valence electrons. The number of rotatable bonds is 6. The molecule has 0 aromatic heterocycles. The second kappa shape index (κ2) is 7.74. The summed E-state index contributed by atoms with van der Waals surface area (Å²) in [6.07, 6.45) is 0. The van der Waals surface area contributed by atoms with E-state index in [1.807, 2.05) is 18.7 Å². The zero-order valence-electron chi connectivity index (χ0n) is 11.2. The second-order valence-electron chi connectivity index (χ2n) is 4.22. The second-order valence-corrected chi connectivity index (χ2v) is 5.47. The molecule has 0 saturated carbocycles. The monoisotopic (exact) mass is 360 g/mol. The van der Waals surface area contributed by atoms with E-state index in [0.717, 1.165) is 13.1 Å². The summed E-state index contributed by atoms with van der Waals surface area (Å²) in [5.74, 6) is 0.164. The molecule has 0 heterocycles. The summed E-state index contributed by atoms with van der Waals surface area (Å²) in [6, 6.07) is 8.56. The molecule has 1 unspecified atom stereocenters. The van der Waals surface area contributed by atoms with Crippen LogP contribution in [0.4, 0.5) is 0 Å². The molecule has 4 heteroatoms. The molecule has 18 heavy (non-hydrogen) atoms. The molecule has 0 fully saturated rings.